The molecule has 132 valence electrons. The standard InChI is InChI=1S/C15H14O8S.Th/c1-22-8-3-4-9(11(16)5-8)15(18)10-6-14(24(19,20)21)13(23-2)7-12(10)17;/h3-7,16-17H,1-2H3,(H,19,20,21);. The van der Waals surface area contributed by atoms with E-state index < -0.39 is 37.9 Å². The maximum Gasteiger partial charge on any atom is 0.298 e. The molecule has 0 atom stereocenters. The molecule has 0 aliphatic rings. The van der Waals surface area contributed by atoms with Gasteiger partial charge >= 0.3 is 0 Å². The van der Waals surface area contributed by atoms with Gasteiger partial charge in [0.1, 0.15) is 27.9 Å². The molecule has 3 N–H and O–H groups in total. The van der Waals surface area contributed by atoms with Crippen LogP contribution in [0.3, 0.4) is 0 Å². The van der Waals surface area contributed by atoms with Gasteiger partial charge < -0.3 is 19.7 Å². The number of carbonyl (C=O) groups is 1. The number of rotatable bonds is 5. The van der Waals surface area contributed by atoms with E-state index in [9.17, 15) is 28.0 Å². The summed E-state index contributed by atoms with van der Waals surface area (Å²) in [6, 6.07) is 5.52. The molecule has 2 aromatic carbocycles. The Kier molecular flexibility index (Phi) is 7.15. The van der Waals surface area contributed by atoms with Crippen molar-refractivity contribution in [2.24, 2.45) is 0 Å². The molecule has 0 amide bonds. The normalized spacial score (nSPS) is 10.7. The zero-order valence-corrected chi connectivity index (χ0v) is 18.1. The Balaban J connectivity index is 0.00000312. The van der Waals surface area contributed by atoms with Crippen LogP contribution in [-0.2, 0) is 10.1 Å². The van der Waals surface area contributed by atoms with Crippen LogP contribution in [0.5, 0.6) is 23.0 Å². The van der Waals surface area contributed by atoms with Gasteiger partial charge in [-0.2, -0.15) is 8.42 Å². The maximum atomic E-state index is 12.5. The quantitative estimate of drug-likeness (QED) is 0.356. The van der Waals surface area contributed by atoms with Crippen LogP contribution in [0.2, 0.25) is 0 Å². The second-order valence-corrected chi connectivity index (χ2v) is 6.10. The third-order valence-corrected chi connectivity index (χ3v) is 4.13. The van der Waals surface area contributed by atoms with Gasteiger partial charge in [0.2, 0.25) is 5.78 Å². The van der Waals surface area contributed by atoms with Crippen molar-refractivity contribution in [1.29, 1.82) is 0 Å². The van der Waals surface area contributed by atoms with E-state index in [1.165, 1.54) is 25.3 Å². The molecule has 0 fully saturated rings. The van der Waals surface area contributed by atoms with E-state index in [1.807, 2.05) is 0 Å². The molecule has 0 aliphatic heterocycles. The van der Waals surface area contributed by atoms with Crippen LogP contribution in [0.25, 0.3) is 0 Å². The number of phenolic OH excluding ortho intramolecular Hbond substituents is 2. The average Bonchev–Trinajstić information content (AvgIpc) is 2.52. The minimum atomic E-state index is -4.69. The fourth-order valence-electron chi connectivity index (χ4n) is 2.07. The van der Waals surface area contributed by atoms with Gasteiger partial charge in [0.05, 0.1) is 25.3 Å². The molecule has 2 rings (SSSR count). The van der Waals surface area contributed by atoms with Gasteiger partial charge in [-0.3, -0.25) is 9.35 Å². The number of methoxy groups -OCH3 is 2. The first-order valence-corrected chi connectivity index (χ1v) is 7.93. The van der Waals surface area contributed by atoms with Crippen LogP contribution < -0.4 is 9.47 Å². The first-order chi connectivity index (χ1) is 11.2. The van der Waals surface area contributed by atoms with Crippen LogP contribution in [-0.4, -0.2) is 43.2 Å². The molecule has 0 aromatic heterocycles. The molecule has 10 heteroatoms. The molecule has 0 aliphatic carbocycles. The number of hydrogen-bond acceptors (Lipinski definition) is 7. The van der Waals surface area contributed by atoms with Gasteiger partial charge in [0.15, 0.2) is 0 Å². The molecule has 0 unspecified atom stereocenters. The molecular weight excluding hydrogens is 572 g/mol. The van der Waals surface area contributed by atoms with Gasteiger partial charge in [-0.1, -0.05) is 0 Å². The first kappa shape index (κ1) is 21.6. The third-order valence-electron chi connectivity index (χ3n) is 3.25. The largest absolute Gasteiger partial charge is 0.507 e. The summed E-state index contributed by atoms with van der Waals surface area (Å²) in [5.74, 6) is -1.85. The predicted octanol–water partition coefficient (Wildman–Crippen LogP) is 1.59. The van der Waals surface area contributed by atoms with Gasteiger partial charge in [-0.05, 0) is 18.2 Å². The number of phenols is 2. The van der Waals surface area contributed by atoms with E-state index in [0.717, 1.165) is 19.2 Å². The van der Waals surface area contributed by atoms with Gasteiger partial charge in [-0.15, -0.1) is 0 Å². The Morgan fingerprint density at radius 1 is 0.960 bits per heavy atom. The van der Waals surface area contributed by atoms with Crippen molar-refractivity contribution in [3.8, 4) is 23.0 Å². The van der Waals surface area contributed by atoms with Gasteiger partial charge in [-0.25, -0.2) is 0 Å². The Morgan fingerprint density at radius 2 is 1.56 bits per heavy atom. The van der Waals surface area contributed by atoms with E-state index in [-0.39, 0.29) is 51.3 Å². The van der Waals surface area contributed by atoms with E-state index in [2.05, 4.69) is 0 Å². The Bertz CT molecular complexity index is 908. The number of ketones is 1. The van der Waals surface area contributed by atoms with Crippen molar-refractivity contribution < 1.29 is 77.4 Å². The van der Waals surface area contributed by atoms with Crippen LogP contribution in [0.15, 0.2) is 35.2 Å². The Morgan fingerprint density at radius 3 is 2.04 bits per heavy atom. The number of carbonyl (C=O) groups excluding carboxylic acids is 1. The van der Waals surface area contributed by atoms with Crippen molar-refractivity contribution in [2.75, 3.05) is 14.2 Å². The number of hydrogen-bond donors (Lipinski definition) is 3. The molecule has 25 heavy (non-hydrogen) atoms. The van der Waals surface area contributed by atoms with Crippen LogP contribution in [0.1, 0.15) is 15.9 Å². The predicted molar refractivity (Wildman–Crippen MR) is 82.6 cm³/mol. The number of benzene rings is 2. The van der Waals surface area contributed by atoms with Crippen LogP contribution >= 0.6 is 0 Å². The second kappa shape index (κ2) is 8.28. The summed E-state index contributed by atoms with van der Waals surface area (Å²) in [7, 11) is -2.17. The van der Waals surface area contributed by atoms with Gasteiger partial charge in [0, 0.05) is 52.1 Å². The second-order valence-electron chi connectivity index (χ2n) is 4.71. The molecule has 0 bridgehead atoms. The monoisotopic (exact) mass is 586 g/mol. The maximum absolute atomic E-state index is 12.5. The zero-order valence-electron chi connectivity index (χ0n) is 13.2. The van der Waals surface area contributed by atoms with Crippen LogP contribution in [0.4, 0.5) is 0 Å². The Hall–Kier alpha value is -1.46. The van der Waals surface area contributed by atoms with E-state index in [4.69, 9.17) is 9.47 Å². The summed E-state index contributed by atoms with van der Waals surface area (Å²) in [5.41, 5.74) is -0.610. The molecule has 0 heterocycles. The molecule has 0 saturated carbocycles. The average molecular weight is 586 g/mol. The molecular formula is C15H14O8STh. The topological polar surface area (TPSA) is 130 Å². The molecule has 2 aromatic rings. The molecule has 8 nitrogen and oxygen atoms in total. The zero-order chi connectivity index (χ0) is 18.1. The minimum absolute atomic E-state index is 0. The molecule has 0 radical (unpaired) electrons. The minimum Gasteiger partial charge on any atom is -0.507 e. The van der Waals surface area contributed by atoms with Crippen LogP contribution in [0, 0.1) is 39.9 Å². The van der Waals surface area contributed by atoms with Crippen molar-refractivity contribution in [2.45, 2.75) is 4.90 Å². The summed E-state index contributed by atoms with van der Waals surface area (Å²) in [6.45, 7) is 0. The molecule has 0 saturated heterocycles. The fraction of sp³-hybridized carbons (Fsp3) is 0.133. The van der Waals surface area contributed by atoms with E-state index in [1.54, 1.807) is 0 Å². The van der Waals surface area contributed by atoms with Crippen molar-refractivity contribution in [1.82, 2.24) is 0 Å². The summed E-state index contributed by atoms with van der Waals surface area (Å²) in [4.78, 5) is 11.8. The smallest absolute Gasteiger partial charge is 0.298 e. The molecule has 0 spiro atoms. The first-order valence-electron chi connectivity index (χ1n) is 6.49. The van der Waals surface area contributed by atoms with Crippen molar-refractivity contribution >= 4 is 15.9 Å². The number of aromatic hydroxyl groups is 2. The summed E-state index contributed by atoms with van der Waals surface area (Å²) in [5, 5.41) is 19.9. The number of ether oxygens (including phenoxy) is 2. The fourth-order valence-corrected chi connectivity index (χ4v) is 2.73. The SMILES string of the molecule is COc1ccc(C(=O)c2cc(S(=O)(=O)O)c(OC)cc2O)c(O)c1.[Th]. The van der Waals surface area contributed by atoms with Crippen molar-refractivity contribution in [3.05, 3.63) is 41.5 Å². The third kappa shape index (κ3) is 4.59. The van der Waals surface area contributed by atoms with Crippen molar-refractivity contribution in [3.63, 3.8) is 0 Å². The van der Waals surface area contributed by atoms with E-state index >= 15 is 0 Å². The summed E-state index contributed by atoms with van der Waals surface area (Å²) in [6.07, 6.45) is 0. The summed E-state index contributed by atoms with van der Waals surface area (Å²) < 4.78 is 41.7. The Labute approximate surface area is 175 Å². The van der Waals surface area contributed by atoms with Gasteiger partial charge in [0.25, 0.3) is 10.1 Å². The van der Waals surface area contributed by atoms with E-state index in [0.29, 0.717) is 5.75 Å². The summed E-state index contributed by atoms with van der Waals surface area (Å²) >= 11 is 0.